The Bertz CT molecular complexity index is 388. The molecule has 1 heterocycles. The topological polar surface area (TPSA) is 39.8 Å². The van der Waals surface area contributed by atoms with E-state index >= 15 is 0 Å². The molecule has 0 saturated heterocycles. The normalized spacial score (nSPS) is 20.8. The monoisotopic (exact) mass is 203 g/mol. The third-order valence-electron chi connectivity index (χ3n) is 2.49. The molecule has 1 aromatic rings. The quantitative estimate of drug-likeness (QED) is 0.707. The molecule has 2 rings (SSSR count). The van der Waals surface area contributed by atoms with Crippen LogP contribution in [0.25, 0.3) is 0 Å². The average molecular weight is 203 g/mol. The van der Waals surface area contributed by atoms with Crippen molar-refractivity contribution in [3.8, 4) is 0 Å². The van der Waals surface area contributed by atoms with Crippen molar-refractivity contribution >= 4 is 0 Å². The Morgan fingerprint density at radius 2 is 2.29 bits per heavy atom. The van der Waals surface area contributed by atoms with Gasteiger partial charge in [0.15, 0.2) is 0 Å². The summed E-state index contributed by atoms with van der Waals surface area (Å²) < 4.78 is 27.5. The highest BCUT2D eigenvalue weighted by Gasteiger charge is 2.45. The van der Waals surface area contributed by atoms with Gasteiger partial charge in [0.1, 0.15) is 6.33 Å². The predicted octanol–water partition coefficient (Wildman–Crippen LogP) is 0.627. The molecule has 1 saturated carbocycles. The average Bonchev–Trinajstić information content (AvgIpc) is 2.33. The van der Waals surface area contributed by atoms with Crippen molar-refractivity contribution in [1.82, 2.24) is 14.3 Å². The number of hydrogen-bond donors (Lipinski definition) is 0. The SMILES string of the molecule is Cn1cnn(CC2CC(F)(F)C2)c1=O. The molecule has 0 bridgehead atoms. The first-order valence-corrected chi connectivity index (χ1v) is 4.44. The number of aryl methyl sites for hydroxylation is 1. The summed E-state index contributed by atoms with van der Waals surface area (Å²) in [6, 6.07) is 0. The molecule has 14 heavy (non-hydrogen) atoms. The van der Waals surface area contributed by atoms with Gasteiger partial charge in [0.05, 0.1) is 0 Å². The molecule has 6 heteroatoms. The van der Waals surface area contributed by atoms with Gasteiger partial charge in [-0.2, -0.15) is 5.10 Å². The van der Waals surface area contributed by atoms with Gasteiger partial charge >= 0.3 is 5.69 Å². The first kappa shape index (κ1) is 9.36. The van der Waals surface area contributed by atoms with Gasteiger partial charge in [-0.15, -0.1) is 0 Å². The lowest BCUT2D eigenvalue weighted by Gasteiger charge is -2.34. The Labute approximate surface area is 79.1 Å². The van der Waals surface area contributed by atoms with E-state index in [1.54, 1.807) is 7.05 Å². The van der Waals surface area contributed by atoms with Crippen LogP contribution in [0.5, 0.6) is 0 Å². The van der Waals surface area contributed by atoms with Gasteiger partial charge in [0.25, 0.3) is 0 Å². The number of alkyl halides is 2. The summed E-state index contributed by atoms with van der Waals surface area (Å²) in [5, 5.41) is 3.81. The van der Waals surface area contributed by atoms with Crippen LogP contribution in [0.1, 0.15) is 12.8 Å². The lowest BCUT2D eigenvalue weighted by Crippen LogP contribution is -2.39. The molecule has 0 amide bonds. The molecule has 0 aromatic carbocycles. The molecular weight excluding hydrogens is 192 g/mol. The fraction of sp³-hybridized carbons (Fsp3) is 0.750. The second-order valence-corrected chi connectivity index (χ2v) is 3.84. The molecule has 1 aliphatic carbocycles. The summed E-state index contributed by atoms with van der Waals surface area (Å²) in [5.74, 6) is -2.64. The van der Waals surface area contributed by atoms with E-state index in [4.69, 9.17) is 0 Å². The smallest absolute Gasteiger partial charge is 0.285 e. The third-order valence-corrected chi connectivity index (χ3v) is 2.49. The lowest BCUT2D eigenvalue weighted by molar-refractivity contribution is -0.114. The fourth-order valence-corrected chi connectivity index (χ4v) is 1.70. The highest BCUT2D eigenvalue weighted by atomic mass is 19.3. The van der Waals surface area contributed by atoms with Crippen LogP contribution >= 0.6 is 0 Å². The second kappa shape index (κ2) is 2.90. The number of nitrogens with zero attached hydrogens (tertiary/aromatic N) is 3. The third kappa shape index (κ3) is 1.56. The van der Waals surface area contributed by atoms with Crippen molar-refractivity contribution in [2.45, 2.75) is 25.3 Å². The number of aromatic nitrogens is 3. The molecule has 1 aliphatic rings. The summed E-state index contributed by atoms with van der Waals surface area (Å²) >= 11 is 0. The Balaban J connectivity index is 2.00. The van der Waals surface area contributed by atoms with E-state index in [0.717, 1.165) is 0 Å². The summed E-state index contributed by atoms with van der Waals surface area (Å²) in [6.07, 6.45) is 1.13. The minimum Gasteiger partial charge on any atom is -0.285 e. The predicted molar refractivity (Wildman–Crippen MR) is 45.1 cm³/mol. The molecule has 0 unspecified atom stereocenters. The van der Waals surface area contributed by atoms with E-state index in [2.05, 4.69) is 5.10 Å². The Kier molecular flexibility index (Phi) is 1.94. The van der Waals surface area contributed by atoms with Crippen LogP contribution in [-0.4, -0.2) is 20.3 Å². The number of halogens is 2. The van der Waals surface area contributed by atoms with Crippen LogP contribution in [0.3, 0.4) is 0 Å². The highest BCUT2D eigenvalue weighted by molar-refractivity contribution is 4.86. The van der Waals surface area contributed by atoms with E-state index in [0.29, 0.717) is 6.54 Å². The van der Waals surface area contributed by atoms with Gasteiger partial charge in [-0.3, -0.25) is 4.57 Å². The Hall–Kier alpha value is -1.20. The van der Waals surface area contributed by atoms with Gasteiger partial charge in [-0.05, 0) is 5.92 Å². The number of hydrogen-bond acceptors (Lipinski definition) is 2. The van der Waals surface area contributed by atoms with E-state index < -0.39 is 5.92 Å². The van der Waals surface area contributed by atoms with Crippen LogP contribution in [0.15, 0.2) is 11.1 Å². The summed E-state index contributed by atoms with van der Waals surface area (Å²) in [4.78, 5) is 11.3. The molecule has 0 aliphatic heterocycles. The molecule has 0 radical (unpaired) electrons. The van der Waals surface area contributed by atoms with Gasteiger partial charge in [-0.25, -0.2) is 18.3 Å². The first-order valence-electron chi connectivity index (χ1n) is 4.44. The standard InChI is InChI=1S/C8H11F2N3O/c1-12-5-11-13(7(12)14)4-6-2-8(9,10)3-6/h5-6H,2-4H2,1H3. The Morgan fingerprint density at radius 3 is 2.71 bits per heavy atom. The van der Waals surface area contributed by atoms with Crippen LogP contribution in [0, 0.1) is 5.92 Å². The molecule has 1 aromatic heterocycles. The molecule has 0 atom stereocenters. The minimum atomic E-state index is -2.52. The van der Waals surface area contributed by atoms with Gasteiger partial charge < -0.3 is 0 Å². The summed E-state index contributed by atoms with van der Waals surface area (Å²) in [5.41, 5.74) is -0.250. The Morgan fingerprint density at radius 1 is 1.64 bits per heavy atom. The van der Waals surface area contributed by atoms with Gasteiger partial charge in [-0.1, -0.05) is 0 Å². The maximum absolute atomic E-state index is 12.5. The molecule has 1 fully saturated rings. The molecule has 78 valence electrons. The maximum Gasteiger partial charge on any atom is 0.345 e. The first-order chi connectivity index (χ1) is 6.48. The van der Waals surface area contributed by atoms with Crippen molar-refractivity contribution in [2.24, 2.45) is 13.0 Å². The largest absolute Gasteiger partial charge is 0.345 e. The van der Waals surface area contributed by atoms with Gasteiger partial charge in [0, 0.05) is 26.4 Å². The van der Waals surface area contributed by atoms with E-state index in [-0.39, 0.29) is 24.4 Å². The van der Waals surface area contributed by atoms with Crippen molar-refractivity contribution < 1.29 is 8.78 Å². The van der Waals surface area contributed by atoms with Crippen LogP contribution in [-0.2, 0) is 13.6 Å². The van der Waals surface area contributed by atoms with Crippen LogP contribution in [0.4, 0.5) is 8.78 Å². The number of rotatable bonds is 2. The summed E-state index contributed by atoms with van der Waals surface area (Å²) in [6.45, 7) is 0.301. The minimum absolute atomic E-state index is 0.113. The van der Waals surface area contributed by atoms with Gasteiger partial charge in [0.2, 0.25) is 5.92 Å². The maximum atomic E-state index is 12.5. The zero-order valence-corrected chi connectivity index (χ0v) is 7.78. The zero-order chi connectivity index (χ0) is 10.3. The van der Waals surface area contributed by atoms with E-state index in [1.807, 2.05) is 0 Å². The van der Waals surface area contributed by atoms with Crippen molar-refractivity contribution in [3.05, 3.63) is 16.8 Å². The molecular formula is C8H11F2N3O. The second-order valence-electron chi connectivity index (χ2n) is 3.84. The van der Waals surface area contributed by atoms with E-state index in [9.17, 15) is 13.6 Å². The molecule has 0 spiro atoms. The van der Waals surface area contributed by atoms with Crippen LogP contribution < -0.4 is 5.69 Å². The zero-order valence-electron chi connectivity index (χ0n) is 7.78. The van der Waals surface area contributed by atoms with E-state index in [1.165, 1.54) is 15.6 Å². The van der Waals surface area contributed by atoms with Crippen LogP contribution in [0.2, 0.25) is 0 Å². The van der Waals surface area contributed by atoms with Crippen molar-refractivity contribution in [1.29, 1.82) is 0 Å². The fourth-order valence-electron chi connectivity index (χ4n) is 1.70. The lowest BCUT2D eigenvalue weighted by atomic mass is 9.81. The molecule has 0 N–H and O–H groups in total. The van der Waals surface area contributed by atoms with Crippen molar-refractivity contribution in [3.63, 3.8) is 0 Å². The molecule has 4 nitrogen and oxygen atoms in total. The van der Waals surface area contributed by atoms with Crippen molar-refractivity contribution in [2.75, 3.05) is 0 Å². The highest BCUT2D eigenvalue weighted by Crippen LogP contribution is 2.42. The summed E-state index contributed by atoms with van der Waals surface area (Å²) in [7, 11) is 1.58.